The van der Waals surface area contributed by atoms with Crippen LogP contribution >= 0.6 is 0 Å². The van der Waals surface area contributed by atoms with Gasteiger partial charge in [-0.25, -0.2) is 4.39 Å². The second-order valence-corrected chi connectivity index (χ2v) is 5.70. The first-order valence-corrected chi connectivity index (χ1v) is 6.59. The molecule has 0 amide bonds. The van der Waals surface area contributed by atoms with Crippen molar-refractivity contribution >= 4 is 0 Å². The van der Waals surface area contributed by atoms with Gasteiger partial charge in [-0.05, 0) is 37.2 Å². The molecule has 3 heteroatoms. The van der Waals surface area contributed by atoms with E-state index in [1.165, 1.54) is 13.2 Å². The lowest BCUT2D eigenvalue weighted by molar-refractivity contribution is 0.173. The molecule has 0 aliphatic heterocycles. The fourth-order valence-corrected chi connectivity index (χ4v) is 2.92. The molecule has 100 valence electrons. The lowest BCUT2D eigenvalue weighted by Gasteiger charge is -2.40. The van der Waals surface area contributed by atoms with Crippen LogP contribution in [-0.2, 0) is 5.54 Å². The third kappa shape index (κ3) is 2.37. The summed E-state index contributed by atoms with van der Waals surface area (Å²) in [5.41, 5.74) is 6.55. The Bertz CT molecular complexity index is 435. The summed E-state index contributed by atoms with van der Waals surface area (Å²) >= 11 is 0. The van der Waals surface area contributed by atoms with Gasteiger partial charge in [0.15, 0.2) is 0 Å². The highest BCUT2D eigenvalue weighted by Gasteiger charge is 2.37. The molecule has 0 spiro atoms. The molecular formula is C15H22FNO. The summed E-state index contributed by atoms with van der Waals surface area (Å²) in [6, 6.07) is 4.99. The highest BCUT2D eigenvalue weighted by Crippen LogP contribution is 2.41. The third-order valence-corrected chi connectivity index (χ3v) is 4.42. The lowest BCUT2D eigenvalue weighted by atomic mass is 9.69. The van der Waals surface area contributed by atoms with E-state index in [-0.39, 0.29) is 5.82 Å². The molecule has 0 radical (unpaired) electrons. The monoisotopic (exact) mass is 251 g/mol. The van der Waals surface area contributed by atoms with Gasteiger partial charge >= 0.3 is 0 Å². The van der Waals surface area contributed by atoms with Gasteiger partial charge in [-0.3, -0.25) is 0 Å². The standard InChI is InChI=1S/C15H22FNO/c1-10-6-7-15(17,9-11(10)2)13-5-4-12(18-3)8-14(13)16/h4-5,8,10-11H,6-7,9,17H2,1-3H3. The average Bonchev–Trinajstić information content (AvgIpc) is 2.34. The van der Waals surface area contributed by atoms with Crippen molar-refractivity contribution in [1.82, 2.24) is 0 Å². The van der Waals surface area contributed by atoms with Crippen molar-refractivity contribution < 1.29 is 9.13 Å². The summed E-state index contributed by atoms with van der Waals surface area (Å²) in [4.78, 5) is 0. The minimum Gasteiger partial charge on any atom is -0.497 e. The van der Waals surface area contributed by atoms with Crippen LogP contribution in [0.4, 0.5) is 4.39 Å². The summed E-state index contributed by atoms with van der Waals surface area (Å²) in [7, 11) is 1.54. The van der Waals surface area contributed by atoms with E-state index in [1.807, 2.05) is 0 Å². The maximum absolute atomic E-state index is 14.1. The van der Waals surface area contributed by atoms with Crippen LogP contribution in [0.5, 0.6) is 5.75 Å². The Labute approximate surface area is 108 Å². The van der Waals surface area contributed by atoms with Crippen LogP contribution in [0.25, 0.3) is 0 Å². The lowest BCUT2D eigenvalue weighted by Crippen LogP contribution is -2.43. The Morgan fingerprint density at radius 2 is 2.06 bits per heavy atom. The van der Waals surface area contributed by atoms with Gasteiger partial charge in [0.25, 0.3) is 0 Å². The molecule has 1 aliphatic rings. The van der Waals surface area contributed by atoms with E-state index >= 15 is 0 Å². The number of hydrogen-bond donors (Lipinski definition) is 1. The van der Waals surface area contributed by atoms with Crippen molar-refractivity contribution in [3.63, 3.8) is 0 Å². The molecule has 2 rings (SSSR count). The number of nitrogens with two attached hydrogens (primary N) is 1. The first kappa shape index (κ1) is 13.3. The van der Waals surface area contributed by atoms with Gasteiger partial charge in [-0.2, -0.15) is 0 Å². The molecule has 18 heavy (non-hydrogen) atoms. The normalized spacial score (nSPS) is 32.3. The molecule has 2 nitrogen and oxygen atoms in total. The van der Waals surface area contributed by atoms with Crippen molar-refractivity contribution in [2.45, 2.75) is 38.6 Å². The van der Waals surface area contributed by atoms with Crippen molar-refractivity contribution in [2.24, 2.45) is 17.6 Å². The Morgan fingerprint density at radius 1 is 1.33 bits per heavy atom. The second-order valence-electron chi connectivity index (χ2n) is 5.70. The Kier molecular flexibility index (Phi) is 3.62. The molecule has 0 aromatic heterocycles. The molecule has 1 aromatic carbocycles. The topological polar surface area (TPSA) is 35.2 Å². The molecule has 2 N–H and O–H groups in total. The summed E-state index contributed by atoms with van der Waals surface area (Å²) in [6.45, 7) is 4.45. The molecule has 1 aromatic rings. The van der Waals surface area contributed by atoms with Crippen LogP contribution in [0.3, 0.4) is 0 Å². The minimum atomic E-state index is -0.526. The molecule has 1 aliphatic carbocycles. The summed E-state index contributed by atoms with van der Waals surface area (Å²) in [5.74, 6) is 1.49. The smallest absolute Gasteiger partial charge is 0.131 e. The van der Waals surface area contributed by atoms with E-state index in [0.29, 0.717) is 23.1 Å². The van der Waals surface area contributed by atoms with E-state index in [0.717, 1.165) is 19.3 Å². The van der Waals surface area contributed by atoms with E-state index in [4.69, 9.17) is 10.5 Å². The van der Waals surface area contributed by atoms with Crippen LogP contribution in [0.2, 0.25) is 0 Å². The van der Waals surface area contributed by atoms with E-state index in [9.17, 15) is 4.39 Å². The van der Waals surface area contributed by atoms with Gasteiger partial charge in [-0.1, -0.05) is 19.9 Å². The highest BCUT2D eigenvalue weighted by molar-refractivity contribution is 5.33. The number of rotatable bonds is 2. The molecular weight excluding hydrogens is 229 g/mol. The zero-order chi connectivity index (χ0) is 13.3. The van der Waals surface area contributed by atoms with Crippen molar-refractivity contribution in [1.29, 1.82) is 0 Å². The van der Waals surface area contributed by atoms with Crippen molar-refractivity contribution in [3.05, 3.63) is 29.6 Å². The van der Waals surface area contributed by atoms with Gasteiger partial charge in [0.2, 0.25) is 0 Å². The molecule has 1 saturated carbocycles. The average molecular weight is 251 g/mol. The van der Waals surface area contributed by atoms with Gasteiger partial charge in [0, 0.05) is 17.2 Å². The van der Waals surface area contributed by atoms with Crippen molar-refractivity contribution in [2.75, 3.05) is 7.11 Å². The molecule has 1 fully saturated rings. The fraction of sp³-hybridized carbons (Fsp3) is 0.600. The molecule has 3 unspecified atom stereocenters. The Balaban J connectivity index is 2.30. The fourth-order valence-electron chi connectivity index (χ4n) is 2.92. The Morgan fingerprint density at radius 3 is 2.61 bits per heavy atom. The van der Waals surface area contributed by atoms with Gasteiger partial charge in [0.05, 0.1) is 7.11 Å². The number of methoxy groups -OCH3 is 1. The first-order chi connectivity index (χ1) is 8.46. The van der Waals surface area contributed by atoms with Gasteiger partial charge in [0.1, 0.15) is 11.6 Å². The quantitative estimate of drug-likeness (QED) is 0.873. The number of benzene rings is 1. The third-order valence-electron chi connectivity index (χ3n) is 4.42. The Hall–Kier alpha value is -1.09. The van der Waals surface area contributed by atoms with Crippen LogP contribution in [0, 0.1) is 17.7 Å². The molecule has 0 saturated heterocycles. The van der Waals surface area contributed by atoms with E-state index in [2.05, 4.69) is 13.8 Å². The van der Waals surface area contributed by atoms with Crippen LogP contribution in [0.1, 0.15) is 38.7 Å². The van der Waals surface area contributed by atoms with Gasteiger partial charge < -0.3 is 10.5 Å². The second kappa shape index (κ2) is 4.88. The molecule has 3 atom stereocenters. The van der Waals surface area contributed by atoms with E-state index in [1.54, 1.807) is 12.1 Å². The highest BCUT2D eigenvalue weighted by atomic mass is 19.1. The summed E-state index contributed by atoms with van der Waals surface area (Å²) in [5, 5.41) is 0. The number of halogens is 1. The van der Waals surface area contributed by atoms with Crippen LogP contribution in [0.15, 0.2) is 18.2 Å². The number of ether oxygens (including phenoxy) is 1. The largest absolute Gasteiger partial charge is 0.497 e. The maximum Gasteiger partial charge on any atom is 0.131 e. The van der Waals surface area contributed by atoms with E-state index < -0.39 is 5.54 Å². The predicted octanol–water partition coefficient (Wildman–Crippen LogP) is 3.44. The van der Waals surface area contributed by atoms with Crippen molar-refractivity contribution in [3.8, 4) is 5.75 Å². The summed E-state index contributed by atoms with van der Waals surface area (Å²) < 4.78 is 19.2. The number of hydrogen-bond acceptors (Lipinski definition) is 2. The zero-order valence-electron chi connectivity index (χ0n) is 11.4. The first-order valence-electron chi connectivity index (χ1n) is 6.59. The maximum atomic E-state index is 14.1. The van der Waals surface area contributed by atoms with Crippen LogP contribution < -0.4 is 10.5 Å². The molecule has 0 bridgehead atoms. The zero-order valence-corrected chi connectivity index (χ0v) is 11.4. The minimum absolute atomic E-state index is 0.251. The SMILES string of the molecule is COc1ccc(C2(N)CCC(C)C(C)C2)c(F)c1. The molecule has 0 heterocycles. The van der Waals surface area contributed by atoms with Crippen LogP contribution in [-0.4, -0.2) is 7.11 Å². The summed E-state index contributed by atoms with van der Waals surface area (Å²) in [6.07, 6.45) is 2.75. The van der Waals surface area contributed by atoms with Gasteiger partial charge in [-0.15, -0.1) is 0 Å². The predicted molar refractivity (Wildman–Crippen MR) is 71.0 cm³/mol.